The smallest absolute Gasteiger partial charge is 0.270 e. The minimum absolute atomic E-state index is 0.197. The number of nitrogens with zero attached hydrogens (tertiary/aromatic N) is 3. The Kier molecular flexibility index (Phi) is 4.35. The summed E-state index contributed by atoms with van der Waals surface area (Å²) in [7, 11) is 0. The molecule has 1 N–H and O–H groups in total. The molecule has 5 heteroatoms. The van der Waals surface area contributed by atoms with E-state index in [4.69, 9.17) is 0 Å². The van der Waals surface area contributed by atoms with E-state index >= 15 is 0 Å². The fourth-order valence-corrected chi connectivity index (χ4v) is 3.42. The second-order valence-corrected chi connectivity index (χ2v) is 6.45. The number of carbonyl (C=O) groups is 1. The van der Waals surface area contributed by atoms with Gasteiger partial charge in [-0.05, 0) is 49.2 Å². The Labute approximate surface area is 152 Å². The van der Waals surface area contributed by atoms with Crippen LogP contribution in [0.2, 0.25) is 0 Å². The molecule has 0 fully saturated rings. The van der Waals surface area contributed by atoms with Crippen molar-refractivity contribution in [3.63, 3.8) is 0 Å². The van der Waals surface area contributed by atoms with E-state index in [-0.39, 0.29) is 5.91 Å². The Morgan fingerprint density at radius 2 is 1.96 bits per heavy atom. The average molecular weight is 344 g/mol. The summed E-state index contributed by atoms with van der Waals surface area (Å²) in [5.74, 6) is -0.197. The van der Waals surface area contributed by atoms with Crippen LogP contribution in [0, 0.1) is 0 Å². The number of anilines is 2. The largest absolute Gasteiger partial charge is 0.345 e. The first-order valence-corrected chi connectivity index (χ1v) is 8.73. The lowest BCUT2D eigenvalue weighted by molar-refractivity contribution is 0.0945. The number of hydrogen-bond acceptors (Lipinski definition) is 4. The van der Waals surface area contributed by atoms with Gasteiger partial charge >= 0.3 is 0 Å². The molecule has 3 heterocycles. The number of rotatable bonds is 4. The van der Waals surface area contributed by atoms with Gasteiger partial charge in [-0.25, -0.2) is 0 Å². The maximum atomic E-state index is 12.5. The van der Waals surface area contributed by atoms with Crippen molar-refractivity contribution in [3.8, 4) is 0 Å². The zero-order valence-electron chi connectivity index (χ0n) is 14.6. The standard InChI is InChI=1S/C21H20N4O/c1-15-12-16-6-2-3-8-20(16)25(15)18-9-11-23-19(13-18)21(26)24-14-17-7-4-5-10-22-17/h2-11,13,15H,12,14H2,1H3,(H,24,26). The van der Waals surface area contributed by atoms with Crippen LogP contribution in [0.5, 0.6) is 0 Å². The van der Waals surface area contributed by atoms with Crippen molar-refractivity contribution in [2.75, 3.05) is 4.90 Å². The van der Waals surface area contributed by atoms with Crippen LogP contribution in [-0.2, 0) is 13.0 Å². The first-order valence-electron chi connectivity index (χ1n) is 8.73. The lowest BCUT2D eigenvalue weighted by Gasteiger charge is -2.25. The summed E-state index contributed by atoms with van der Waals surface area (Å²) < 4.78 is 0. The number of aromatic nitrogens is 2. The van der Waals surface area contributed by atoms with E-state index < -0.39 is 0 Å². The van der Waals surface area contributed by atoms with Crippen molar-refractivity contribution in [2.45, 2.75) is 25.9 Å². The molecular formula is C21H20N4O. The minimum atomic E-state index is -0.197. The van der Waals surface area contributed by atoms with E-state index in [1.54, 1.807) is 12.4 Å². The van der Waals surface area contributed by atoms with E-state index in [9.17, 15) is 4.79 Å². The Balaban J connectivity index is 1.54. The summed E-state index contributed by atoms with van der Waals surface area (Å²) in [5.41, 5.74) is 4.75. The molecule has 2 aromatic heterocycles. The Bertz CT molecular complexity index is 926. The molecule has 0 radical (unpaired) electrons. The van der Waals surface area contributed by atoms with Crippen molar-refractivity contribution in [3.05, 3.63) is 83.9 Å². The van der Waals surface area contributed by atoms with Gasteiger partial charge in [0, 0.05) is 29.8 Å². The summed E-state index contributed by atoms with van der Waals surface area (Å²) in [6.45, 7) is 2.58. The number of para-hydroxylation sites is 1. The van der Waals surface area contributed by atoms with E-state index in [0.29, 0.717) is 18.3 Å². The van der Waals surface area contributed by atoms with Gasteiger partial charge in [0.25, 0.3) is 5.91 Å². The first kappa shape index (κ1) is 16.3. The first-order chi connectivity index (χ1) is 12.7. The summed E-state index contributed by atoms with van der Waals surface area (Å²) in [6, 6.07) is 18.2. The van der Waals surface area contributed by atoms with Crippen LogP contribution in [0.15, 0.2) is 67.0 Å². The van der Waals surface area contributed by atoms with Gasteiger partial charge in [0.05, 0.1) is 12.2 Å². The van der Waals surface area contributed by atoms with Gasteiger partial charge in [-0.3, -0.25) is 14.8 Å². The molecule has 3 aromatic rings. The molecule has 0 saturated heterocycles. The molecule has 1 unspecified atom stereocenters. The predicted octanol–water partition coefficient (Wildman–Crippen LogP) is 3.49. The molecule has 0 spiro atoms. The summed E-state index contributed by atoms with van der Waals surface area (Å²) >= 11 is 0. The Morgan fingerprint density at radius 3 is 2.81 bits per heavy atom. The molecule has 5 nitrogen and oxygen atoms in total. The van der Waals surface area contributed by atoms with Crippen LogP contribution in [0.3, 0.4) is 0 Å². The third kappa shape index (κ3) is 3.16. The molecule has 130 valence electrons. The highest BCUT2D eigenvalue weighted by Gasteiger charge is 2.27. The van der Waals surface area contributed by atoms with E-state index in [0.717, 1.165) is 17.8 Å². The van der Waals surface area contributed by atoms with E-state index in [1.807, 2.05) is 36.4 Å². The topological polar surface area (TPSA) is 58.1 Å². The molecule has 1 aliphatic rings. The van der Waals surface area contributed by atoms with Crippen LogP contribution < -0.4 is 10.2 Å². The predicted molar refractivity (Wildman–Crippen MR) is 101 cm³/mol. The second kappa shape index (κ2) is 6.96. The average Bonchev–Trinajstić information content (AvgIpc) is 3.02. The lowest BCUT2D eigenvalue weighted by atomic mass is 10.1. The molecule has 1 aliphatic heterocycles. The molecule has 1 atom stereocenters. The number of pyridine rings is 2. The summed E-state index contributed by atoms with van der Waals surface area (Å²) in [5, 5.41) is 2.88. The van der Waals surface area contributed by atoms with Crippen molar-refractivity contribution in [1.82, 2.24) is 15.3 Å². The van der Waals surface area contributed by atoms with Gasteiger partial charge < -0.3 is 10.2 Å². The Morgan fingerprint density at radius 1 is 1.12 bits per heavy atom. The molecule has 0 saturated carbocycles. The van der Waals surface area contributed by atoms with Crippen molar-refractivity contribution < 1.29 is 4.79 Å². The van der Waals surface area contributed by atoms with Crippen molar-refractivity contribution in [1.29, 1.82) is 0 Å². The highest BCUT2D eigenvalue weighted by molar-refractivity contribution is 5.93. The number of fused-ring (bicyclic) bond motifs is 1. The summed E-state index contributed by atoms with van der Waals surface area (Å²) in [6.07, 6.45) is 4.41. The highest BCUT2D eigenvalue weighted by Crippen LogP contribution is 2.37. The Hall–Kier alpha value is -3.21. The monoisotopic (exact) mass is 344 g/mol. The van der Waals surface area contributed by atoms with Crippen LogP contribution in [0.25, 0.3) is 0 Å². The number of benzene rings is 1. The number of nitrogens with one attached hydrogen (secondary N) is 1. The molecular weight excluding hydrogens is 324 g/mol. The molecule has 26 heavy (non-hydrogen) atoms. The van der Waals surface area contributed by atoms with Crippen LogP contribution in [-0.4, -0.2) is 21.9 Å². The third-order valence-corrected chi connectivity index (χ3v) is 4.62. The number of amides is 1. The van der Waals surface area contributed by atoms with Gasteiger partial charge in [0.1, 0.15) is 5.69 Å². The van der Waals surface area contributed by atoms with Gasteiger partial charge in [-0.1, -0.05) is 24.3 Å². The van der Waals surface area contributed by atoms with Crippen molar-refractivity contribution in [2.24, 2.45) is 0 Å². The normalized spacial score (nSPS) is 15.6. The van der Waals surface area contributed by atoms with E-state index in [1.165, 1.54) is 11.3 Å². The quantitative estimate of drug-likeness (QED) is 0.787. The van der Waals surface area contributed by atoms with Gasteiger partial charge in [0.15, 0.2) is 0 Å². The van der Waals surface area contributed by atoms with E-state index in [2.05, 4.69) is 45.3 Å². The molecule has 0 bridgehead atoms. The molecule has 4 rings (SSSR count). The molecule has 1 amide bonds. The van der Waals surface area contributed by atoms with Crippen LogP contribution in [0.4, 0.5) is 11.4 Å². The second-order valence-electron chi connectivity index (χ2n) is 6.45. The molecule has 1 aromatic carbocycles. The zero-order chi connectivity index (χ0) is 17.9. The minimum Gasteiger partial charge on any atom is -0.345 e. The van der Waals surface area contributed by atoms with Crippen LogP contribution in [0.1, 0.15) is 28.7 Å². The third-order valence-electron chi connectivity index (χ3n) is 4.62. The zero-order valence-corrected chi connectivity index (χ0v) is 14.6. The maximum Gasteiger partial charge on any atom is 0.270 e. The fourth-order valence-electron chi connectivity index (χ4n) is 3.42. The number of carbonyl (C=O) groups excluding carboxylic acids is 1. The fraction of sp³-hybridized carbons (Fsp3) is 0.190. The van der Waals surface area contributed by atoms with Crippen molar-refractivity contribution >= 4 is 17.3 Å². The number of hydrogen-bond donors (Lipinski definition) is 1. The van der Waals surface area contributed by atoms with Gasteiger partial charge in [0.2, 0.25) is 0 Å². The highest BCUT2D eigenvalue weighted by atomic mass is 16.1. The lowest BCUT2D eigenvalue weighted by Crippen LogP contribution is -2.26. The SMILES string of the molecule is CC1Cc2ccccc2N1c1ccnc(C(=O)NCc2ccccn2)c1. The van der Waals surface area contributed by atoms with Gasteiger partial charge in [-0.2, -0.15) is 0 Å². The van der Waals surface area contributed by atoms with Crippen LogP contribution >= 0.6 is 0 Å². The summed E-state index contributed by atoms with van der Waals surface area (Å²) in [4.78, 5) is 23.2. The maximum absolute atomic E-state index is 12.5. The van der Waals surface area contributed by atoms with Gasteiger partial charge in [-0.15, -0.1) is 0 Å². The molecule has 0 aliphatic carbocycles.